The van der Waals surface area contributed by atoms with Crippen molar-refractivity contribution in [3.63, 3.8) is 0 Å². The van der Waals surface area contributed by atoms with Gasteiger partial charge in [0, 0.05) is 5.92 Å². The number of allylic oxidation sites excluding steroid dienone is 2. The molecule has 0 bridgehead atoms. The van der Waals surface area contributed by atoms with Crippen LogP contribution in [0.25, 0.3) is 0 Å². The van der Waals surface area contributed by atoms with Gasteiger partial charge in [-0.25, -0.2) is 0 Å². The Kier molecular flexibility index (Phi) is 3.44. The van der Waals surface area contributed by atoms with Gasteiger partial charge in [-0.15, -0.1) is 23.5 Å². The molecule has 1 aliphatic heterocycles. The van der Waals surface area contributed by atoms with Gasteiger partial charge >= 0.3 is 5.97 Å². The predicted octanol–water partition coefficient (Wildman–Crippen LogP) is 2.46. The molecule has 0 radical (unpaired) electrons. The van der Waals surface area contributed by atoms with Crippen LogP contribution in [-0.2, 0) is 4.79 Å². The molecular formula is C10H14O2S2. The standard InChI is InChI=1S/C10H14O2S2/c11-9(12)7-3-1-4-8(7)10-13-5-2-6-14-10/h1,4,7-8,10H,2-3,5-6H2,(H,11,12)/t7-,8-/m0/s1. The van der Waals surface area contributed by atoms with Gasteiger partial charge < -0.3 is 5.11 Å². The van der Waals surface area contributed by atoms with Crippen LogP contribution in [-0.4, -0.2) is 27.2 Å². The van der Waals surface area contributed by atoms with E-state index in [-0.39, 0.29) is 11.8 Å². The Morgan fingerprint density at radius 3 is 2.71 bits per heavy atom. The fourth-order valence-corrected chi connectivity index (χ4v) is 5.18. The van der Waals surface area contributed by atoms with Crippen LogP contribution in [0, 0.1) is 11.8 Å². The van der Waals surface area contributed by atoms with Crippen molar-refractivity contribution in [2.45, 2.75) is 17.4 Å². The van der Waals surface area contributed by atoms with E-state index in [1.165, 1.54) is 17.9 Å². The minimum absolute atomic E-state index is 0.168. The van der Waals surface area contributed by atoms with Gasteiger partial charge in [0.2, 0.25) is 0 Å². The third kappa shape index (κ3) is 2.11. The Hall–Kier alpha value is -0.0900. The molecule has 0 aromatic heterocycles. The van der Waals surface area contributed by atoms with Gasteiger partial charge in [0.25, 0.3) is 0 Å². The van der Waals surface area contributed by atoms with E-state index >= 15 is 0 Å². The Bertz CT molecular complexity index is 247. The first-order chi connectivity index (χ1) is 6.79. The van der Waals surface area contributed by atoms with E-state index in [2.05, 4.69) is 6.08 Å². The Morgan fingerprint density at radius 1 is 1.36 bits per heavy atom. The van der Waals surface area contributed by atoms with Crippen molar-refractivity contribution in [1.82, 2.24) is 0 Å². The fraction of sp³-hybridized carbons (Fsp3) is 0.700. The van der Waals surface area contributed by atoms with E-state index in [9.17, 15) is 4.79 Å². The first-order valence-corrected chi connectivity index (χ1v) is 7.01. The van der Waals surface area contributed by atoms with Gasteiger partial charge in [0.05, 0.1) is 10.5 Å². The van der Waals surface area contributed by atoms with E-state index in [0.717, 1.165) is 6.42 Å². The van der Waals surface area contributed by atoms with Gasteiger partial charge in [0.15, 0.2) is 0 Å². The summed E-state index contributed by atoms with van der Waals surface area (Å²) in [5, 5.41) is 9.06. The van der Waals surface area contributed by atoms with Crippen molar-refractivity contribution in [1.29, 1.82) is 0 Å². The van der Waals surface area contributed by atoms with Gasteiger partial charge in [-0.3, -0.25) is 4.79 Å². The van der Waals surface area contributed by atoms with E-state index in [0.29, 0.717) is 4.58 Å². The largest absolute Gasteiger partial charge is 0.481 e. The molecule has 0 unspecified atom stereocenters. The highest BCUT2D eigenvalue weighted by molar-refractivity contribution is 8.17. The number of carbonyl (C=O) groups is 1. The molecule has 14 heavy (non-hydrogen) atoms. The second-order valence-electron chi connectivity index (χ2n) is 3.65. The Labute approximate surface area is 92.5 Å². The molecule has 0 aromatic carbocycles. The summed E-state index contributed by atoms with van der Waals surface area (Å²) in [6.07, 6.45) is 6.12. The van der Waals surface area contributed by atoms with Crippen molar-refractivity contribution < 1.29 is 9.90 Å². The molecule has 4 heteroatoms. The predicted molar refractivity (Wildman–Crippen MR) is 61.7 cm³/mol. The maximum Gasteiger partial charge on any atom is 0.307 e. The van der Waals surface area contributed by atoms with Crippen LogP contribution in [0.2, 0.25) is 0 Å². The van der Waals surface area contributed by atoms with Crippen LogP contribution < -0.4 is 0 Å². The molecule has 0 saturated carbocycles. The van der Waals surface area contributed by atoms with Gasteiger partial charge in [0.1, 0.15) is 0 Å². The van der Waals surface area contributed by atoms with Crippen LogP contribution in [0.1, 0.15) is 12.8 Å². The molecule has 1 heterocycles. The van der Waals surface area contributed by atoms with Crippen molar-refractivity contribution in [3.8, 4) is 0 Å². The third-order valence-corrected chi connectivity index (χ3v) is 5.85. The molecule has 78 valence electrons. The average Bonchev–Trinajstić information content (AvgIpc) is 2.67. The van der Waals surface area contributed by atoms with Crippen LogP contribution in [0.4, 0.5) is 0 Å². The number of carboxylic acid groups (broad SMARTS) is 1. The smallest absolute Gasteiger partial charge is 0.307 e. The summed E-state index contributed by atoms with van der Waals surface area (Å²) in [5.41, 5.74) is 0. The fourth-order valence-electron chi connectivity index (χ4n) is 1.95. The van der Waals surface area contributed by atoms with Gasteiger partial charge in [-0.2, -0.15) is 0 Å². The number of aliphatic carboxylic acids is 1. The van der Waals surface area contributed by atoms with Gasteiger partial charge in [-0.1, -0.05) is 12.2 Å². The highest BCUT2D eigenvalue weighted by Gasteiger charge is 2.36. The summed E-state index contributed by atoms with van der Waals surface area (Å²) in [6.45, 7) is 0. The Morgan fingerprint density at radius 2 is 2.07 bits per heavy atom. The van der Waals surface area contributed by atoms with Crippen LogP contribution in [0.3, 0.4) is 0 Å². The van der Waals surface area contributed by atoms with Gasteiger partial charge in [-0.05, 0) is 24.3 Å². The van der Waals surface area contributed by atoms with Crippen molar-refractivity contribution in [3.05, 3.63) is 12.2 Å². The lowest BCUT2D eigenvalue weighted by molar-refractivity contribution is -0.142. The quantitative estimate of drug-likeness (QED) is 0.739. The zero-order valence-electron chi connectivity index (χ0n) is 7.89. The monoisotopic (exact) mass is 230 g/mol. The summed E-state index contributed by atoms with van der Waals surface area (Å²) in [6, 6.07) is 0. The molecule has 1 aliphatic carbocycles. The SMILES string of the molecule is O=C(O)[C@H]1CC=C[C@@H]1C1SCCCS1. The van der Waals surface area contributed by atoms with Crippen molar-refractivity contribution in [2.75, 3.05) is 11.5 Å². The molecule has 2 nitrogen and oxygen atoms in total. The van der Waals surface area contributed by atoms with Crippen molar-refractivity contribution >= 4 is 29.5 Å². The number of rotatable bonds is 2. The zero-order chi connectivity index (χ0) is 9.97. The normalized spacial score (nSPS) is 33.4. The molecule has 1 fully saturated rings. The Balaban J connectivity index is 2.00. The molecule has 0 amide bonds. The maximum atomic E-state index is 11.0. The number of thioether (sulfide) groups is 2. The van der Waals surface area contributed by atoms with Crippen molar-refractivity contribution in [2.24, 2.45) is 11.8 Å². The maximum absolute atomic E-state index is 11.0. The number of carboxylic acids is 1. The first kappa shape index (κ1) is 10.4. The summed E-state index contributed by atoms with van der Waals surface area (Å²) >= 11 is 3.86. The number of hydrogen-bond donors (Lipinski definition) is 1. The molecule has 1 saturated heterocycles. The second kappa shape index (κ2) is 4.62. The molecule has 0 spiro atoms. The topological polar surface area (TPSA) is 37.3 Å². The molecule has 0 aromatic rings. The third-order valence-electron chi connectivity index (χ3n) is 2.70. The van der Waals surface area contributed by atoms with Crippen LogP contribution in [0.15, 0.2) is 12.2 Å². The van der Waals surface area contributed by atoms with E-state index in [1.807, 2.05) is 29.6 Å². The summed E-state index contributed by atoms with van der Waals surface area (Å²) in [5.74, 6) is 1.83. The highest BCUT2D eigenvalue weighted by atomic mass is 32.2. The average molecular weight is 230 g/mol. The number of hydrogen-bond acceptors (Lipinski definition) is 3. The molecule has 1 N–H and O–H groups in total. The summed E-state index contributed by atoms with van der Waals surface area (Å²) < 4.78 is 0.476. The lowest BCUT2D eigenvalue weighted by Crippen LogP contribution is -2.27. The highest BCUT2D eigenvalue weighted by Crippen LogP contribution is 2.42. The molecule has 2 atom stereocenters. The lowest BCUT2D eigenvalue weighted by Gasteiger charge is -2.28. The molecule has 2 rings (SSSR count). The van der Waals surface area contributed by atoms with Crippen LogP contribution in [0.5, 0.6) is 0 Å². The van der Waals surface area contributed by atoms with E-state index in [4.69, 9.17) is 5.11 Å². The lowest BCUT2D eigenvalue weighted by atomic mass is 9.97. The van der Waals surface area contributed by atoms with Crippen LogP contribution >= 0.6 is 23.5 Å². The summed E-state index contributed by atoms with van der Waals surface area (Å²) in [7, 11) is 0. The first-order valence-electron chi connectivity index (χ1n) is 4.91. The van der Waals surface area contributed by atoms with E-state index in [1.54, 1.807) is 0 Å². The summed E-state index contributed by atoms with van der Waals surface area (Å²) in [4.78, 5) is 11.0. The van der Waals surface area contributed by atoms with E-state index < -0.39 is 5.97 Å². The minimum Gasteiger partial charge on any atom is -0.481 e. The minimum atomic E-state index is -0.633. The second-order valence-corrected chi connectivity index (χ2v) is 6.45. The molecular weight excluding hydrogens is 216 g/mol. The molecule has 2 aliphatic rings. The zero-order valence-corrected chi connectivity index (χ0v) is 9.52.